The molecule has 1 aliphatic heterocycles. The number of carbonyl (C=O) groups excluding carboxylic acids is 3. The number of likely N-dealkylation sites (tertiary alicyclic amines) is 1. The van der Waals surface area contributed by atoms with E-state index >= 15 is 0 Å². The van der Waals surface area contributed by atoms with E-state index in [-0.39, 0.29) is 30.2 Å². The van der Waals surface area contributed by atoms with Crippen molar-refractivity contribution in [1.82, 2.24) is 9.88 Å². The Morgan fingerprint density at radius 1 is 1.23 bits per heavy atom. The van der Waals surface area contributed by atoms with Gasteiger partial charge < -0.3 is 11.1 Å². The van der Waals surface area contributed by atoms with E-state index in [4.69, 9.17) is 5.73 Å². The number of imide groups is 1. The number of nitrogens with one attached hydrogen (secondary N) is 1. The molecule has 7 nitrogen and oxygen atoms in total. The SMILES string of the molecule is Nc1ccc(NC(=O)CN2C(=O)C3CCCCC3C2=O)cn1. The van der Waals surface area contributed by atoms with Crippen molar-refractivity contribution in [3.8, 4) is 0 Å². The first-order valence-electron chi connectivity index (χ1n) is 7.43. The van der Waals surface area contributed by atoms with Crippen molar-refractivity contribution in [1.29, 1.82) is 0 Å². The molecule has 0 spiro atoms. The second kappa shape index (κ2) is 5.75. The number of rotatable bonds is 3. The normalized spacial score (nSPS) is 24.3. The smallest absolute Gasteiger partial charge is 0.244 e. The van der Waals surface area contributed by atoms with Crippen molar-refractivity contribution >= 4 is 29.2 Å². The van der Waals surface area contributed by atoms with Gasteiger partial charge in [-0.05, 0) is 25.0 Å². The lowest BCUT2D eigenvalue weighted by Crippen LogP contribution is -2.38. The van der Waals surface area contributed by atoms with Crippen molar-refractivity contribution in [2.75, 3.05) is 17.6 Å². The van der Waals surface area contributed by atoms with Crippen LogP contribution in [0.25, 0.3) is 0 Å². The summed E-state index contributed by atoms with van der Waals surface area (Å²) >= 11 is 0. The summed E-state index contributed by atoms with van der Waals surface area (Å²) in [5.41, 5.74) is 5.95. The van der Waals surface area contributed by atoms with Crippen LogP contribution in [0.1, 0.15) is 25.7 Å². The maximum Gasteiger partial charge on any atom is 0.244 e. The van der Waals surface area contributed by atoms with Crippen LogP contribution in [-0.4, -0.2) is 34.2 Å². The van der Waals surface area contributed by atoms with Gasteiger partial charge in [0.15, 0.2) is 0 Å². The highest BCUT2D eigenvalue weighted by Crippen LogP contribution is 2.37. The molecule has 3 amide bonds. The van der Waals surface area contributed by atoms with Crippen LogP contribution in [0, 0.1) is 11.8 Å². The lowest BCUT2D eigenvalue weighted by molar-refractivity contribution is -0.142. The van der Waals surface area contributed by atoms with Crippen LogP contribution >= 0.6 is 0 Å². The van der Waals surface area contributed by atoms with Crippen LogP contribution < -0.4 is 11.1 Å². The van der Waals surface area contributed by atoms with Gasteiger partial charge in [0, 0.05) is 0 Å². The highest BCUT2D eigenvalue weighted by molar-refractivity contribution is 6.08. The minimum Gasteiger partial charge on any atom is -0.384 e. The Bertz CT molecular complexity index is 590. The monoisotopic (exact) mass is 302 g/mol. The number of fused-ring (bicyclic) bond motifs is 1. The highest BCUT2D eigenvalue weighted by atomic mass is 16.2. The molecular weight excluding hydrogens is 284 g/mol. The van der Waals surface area contributed by atoms with E-state index in [1.165, 1.54) is 6.20 Å². The fourth-order valence-corrected chi connectivity index (χ4v) is 3.21. The molecular formula is C15H18N4O3. The van der Waals surface area contributed by atoms with Gasteiger partial charge in [0.1, 0.15) is 12.4 Å². The fraction of sp³-hybridized carbons (Fsp3) is 0.467. The molecule has 0 radical (unpaired) electrons. The molecule has 2 heterocycles. The van der Waals surface area contributed by atoms with Crippen LogP contribution in [0.2, 0.25) is 0 Å². The van der Waals surface area contributed by atoms with Crippen molar-refractivity contribution < 1.29 is 14.4 Å². The predicted octanol–water partition coefficient (Wildman–Crippen LogP) is 0.777. The maximum absolute atomic E-state index is 12.3. The van der Waals surface area contributed by atoms with Crippen molar-refractivity contribution in [2.45, 2.75) is 25.7 Å². The van der Waals surface area contributed by atoms with E-state index in [9.17, 15) is 14.4 Å². The standard InChI is InChI=1S/C15H18N4O3/c16-12-6-5-9(7-17-12)18-13(20)8-19-14(21)10-3-1-2-4-11(10)15(19)22/h5-7,10-11H,1-4,8H2,(H2,16,17)(H,18,20). The zero-order chi connectivity index (χ0) is 15.7. The van der Waals surface area contributed by atoms with E-state index in [1.807, 2.05) is 0 Å². The number of hydrogen-bond donors (Lipinski definition) is 2. The largest absolute Gasteiger partial charge is 0.384 e. The van der Waals surface area contributed by atoms with E-state index in [0.717, 1.165) is 30.6 Å². The van der Waals surface area contributed by atoms with Crippen molar-refractivity contribution in [3.05, 3.63) is 18.3 Å². The Hall–Kier alpha value is -2.44. The topological polar surface area (TPSA) is 105 Å². The van der Waals surface area contributed by atoms with Crippen LogP contribution in [0.5, 0.6) is 0 Å². The molecule has 22 heavy (non-hydrogen) atoms. The fourth-order valence-electron chi connectivity index (χ4n) is 3.21. The molecule has 1 aromatic heterocycles. The molecule has 1 saturated carbocycles. The second-order valence-electron chi connectivity index (χ2n) is 5.78. The summed E-state index contributed by atoms with van der Waals surface area (Å²) < 4.78 is 0. The Kier molecular flexibility index (Phi) is 3.79. The molecule has 3 rings (SSSR count). The molecule has 116 valence electrons. The highest BCUT2D eigenvalue weighted by Gasteiger charge is 2.48. The average molecular weight is 302 g/mol. The molecule has 1 aliphatic carbocycles. The number of pyridine rings is 1. The Balaban J connectivity index is 1.64. The van der Waals surface area contributed by atoms with Gasteiger partial charge in [0.05, 0.1) is 23.7 Å². The minimum absolute atomic E-state index is 0.208. The molecule has 1 saturated heterocycles. The summed E-state index contributed by atoms with van der Waals surface area (Å²) in [6.07, 6.45) is 4.86. The third-order valence-corrected chi connectivity index (χ3v) is 4.30. The molecule has 2 atom stereocenters. The van der Waals surface area contributed by atoms with Crippen molar-refractivity contribution in [2.24, 2.45) is 11.8 Å². The summed E-state index contributed by atoms with van der Waals surface area (Å²) in [5.74, 6) is -0.932. The van der Waals surface area contributed by atoms with E-state index in [0.29, 0.717) is 11.5 Å². The van der Waals surface area contributed by atoms with Crippen LogP contribution in [0.15, 0.2) is 18.3 Å². The molecule has 2 unspecified atom stereocenters. The van der Waals surface area contributed by atoms with Gasteiger partial charge in [0.25, 0.3) is 0 Å². The summed E-state index contributed by atoms with van der Waals surface area (Å²) in [4.78, 5) is 41.6. The lowest BCUT2D eigenvalue weighted by Gasteiger charge is -2.19. The number of nitrogens with two attached hydrogens (primary N) is 1. The number of nitrogens with zero attached hydrogens (tertiary/aromatic N) is 2. The Labute approximate surface area is 127 Å². The summed E-state index contributed by atoms with van der Waals surface area (Å²) in [6, 6.07) is 3.18. The molecule has 7 heteroatoms. The van der Waals surface area contributed by atoms with Crippen molar-refractivity contribution in [3.63, 3.8) is 0 Å². The Morgan fingerprint density at radius 2 is 1.86 bits per heavy atom. The van der Waals surface area contributed by atoms with Crippen LogP contribution in [0.4, 0.5) is 11.5 Å². The van der Waals surface area contributed by atoms with Gasteiger partial charge in [-0.1, -0.05) is 12.8 Å². The predicted molar refractivity (Wildman–Crippen MR) is 79.4 cm³/mol. The van der Waals surface area contributed by atoms with E-state index < -0.39 is 5.91 Å². The van der Waals surface area contributed by atoms with Gasteiger partial charge in [-0.25, -0.2) is 4.98 Å². The van der Waals surface area contributed by atoms with Crippen LogP contribution in [0.3, 0.4) is 0 Å². The number of amides is 3. The van der Waals surface area contributed by atoms with Gasteiger partial charge >= 0.3 is 0 Å². The van der Waals surface area contributed by atoms with E-state index in [2.05, 4.69) is 10.3 Å². The third-order valence-electron chi connectivity index (χ3n) is 4.30. The maximum atomic E-state index is 12.3. The van der Waals surface area contributed by atoms with E-state index in [1.54, 1.807) is 12.1 Å². The quantitative estimate of drug-likeness (QED) is 0.803. The number of carbonyl (C=O) groups is 3. The molecule has 0 bridgehead atoms. The summed E-state index contributed by atoms with van der Waals surface area (Å²) in [6.45, 7) is -0.241. The lowest BCUT2D eigenvalue weighted by atomic mass is 9.81. The number of anilines is 2. The summed E-state index contributed by atoms with van der Waals surface area (Å²) in [5, 5.41) is 2.62. The average Bonchev–Trinajstić information content (AvgIpc) is 2.75. The molecule has 2 aliphatic rings. The molecule has 2 fully saturated rings. The number of hydrogen-bond acceptors (Lipinski definition) is 5. The molecule has 0 aromatic carbocycles. The second-order valence-corrected chi connectivity index (χ2v) is 5.78. The first-order valence-corrected chi connectivity index (χ1v) is 7.43. The van der Waals surface area contributed by atoms with Gasteiger partial charge in [-0.2, -0.15) is 0 Å². The van der Waals surface area contributed by atoms with Gasteiger partial charge in [-0.3, -0.25) is 19.3 Å². The minimum atomic E-state index is -0.410. The zero-order valence-electron chi connectivity index (χ0n) is 12.1. The van der Waals surface area contributed by atoms with Gasteiger partial charge in [-0.15, -0.1) is 0 Å². The first-order chi connectivity index (χ1) is 10.6. The van der Waals surface area contributed by atoms with Crippen LogP contribution in [-0.2, 0) is 14.4 Å². The van der Waals surface area contributed by atoms with Gasteiger partial charge in [0.2, 0.25) is 17.7 Å². The number of nitrogen functional groups attached to an aromatic ring is 1. The zero-order valence-corrected chi connectivity index (χ0v) is 12.1. The molecule has 1 aromatic rings. The third kappa shape index (κ3) is 2.66. The molecule has 3 N–H and O–H groups in total. The Morgan fingerprint density at radius 3 is 2.41 bits per heavy atom. The summed E-state index contributed by atoms with van der Waals surface area (Å²) in [7, 11) is 0. The first kappa shape index (κ1) is 14.5. The number of aromatic nitrogens is 1.